The lowest BCUT2D eigenvalue weighted by molar-refractivity contribution is 0.603. The zero-order chi connectivity index (χ0) is 8.32. The first-order chi connectivity index (χ1) is 5.17. The zero-order valence-electron chi connectivity index (χ0n) is 5.57. The fourth-order valence-electron chi connectivity index (χ4n) is 0.662. The number of benzene rings is 1. The Morgan fingerprint density at radius 1 is 1.18 bits per heavy atom. The minimum Gasteiger partial charge on any atom is -0.222 e. The second-order valence-electron chi connectivity index (χ2n) is 1.95. The highest BCUT2D eigenvalue weighted by molar-refractivity contribution is 7.94. The Hall–Kier alpha value is -0.540. The average molecular weight is 190 g/mol. The molecule has 1 aromatic carbocycles. The van der Waals surface area contributed by atoms with Crippen LogP contribution in [0.3, 0.4) is 0 Å². The summed E-state index contributed by atoms with van der Waals surface area (Å²) in [6.07, 6.45) is 0. The van der Waals surface area contributed by atoms with Gasteiger partial charge in [0, 0.05) is 0 Å². The molecule has 1 radical (unpaired) electrons. The molecule has 0 aromatic heterocycles. The van der Waals surface area contributed by atoms with Gasteiger partial charge >= 0.3 is 0 Å². The third-order valence-electron chi connectivity index (χ3n) is 1.19. The molecule has 0 N–H and O–H groups in total. The normalized spacial score (nSPS) is 11.4. The van der Waals surface area contributed by atoms with Gasteiger partial charge in [-0.15, -0.1) is 11.6 Å². The largest absolute Gasteiger partial charge is 0.222 e. The first kappa shape index (κ1) is 8.56. The lowest BCUT2D eigenvalue weighted by Crippen LogP contribution is -1.96. The molecule has 0 aliphatic carbocycles. The summed E-state index contributed by atoms with van der Waals surface area (Å²) < 4.78 is 22.0. The van der Waals surface area contributed by atoms with Crippen molar-refractivity contribution in [3.63, 3.8) is 0 Å². The van der Waals surface area contributed by atoms with Crippen LogP contribution in [0.25, 0.3) is 0 Å². The Balaban J connectivity index is 3.14. The van der Waals surface area contributed by atoms with Gasteiger partial charge in [0.15, 0.2) is 15.0 Å². The zero-order valence-corrected chi connectivity index (χ0v) is 7.14. The molecule has 1 rings (SSSR count). The molecule has 4 heteroatoms. The smallest absolute Gasteiger partial charge is 0.197 e. The van der Waals surface area contributed by atoms with E-state index in [0.29, 0.717) is 5.21 Å². The minimum atomic E-state index is -3.36. The van der Waals surface area contributed by atoms with Crippen LogP contribution >= 0.6 is 11.6 Å². The van der Waals surface area contributed by atoms with Crippen LogP contribution in [0.4, 0.5) is 0 Å². The summed E-state index contributed by atoms with van der Waals surface area (Å²) in [4.78, 5) is 0.218. The van der Waals surface area contributed by atoms with Crippen LogP contribution in [0.2, 0.25) is 0 Å². The fourth-order valence-corrected chi connectivity index (χ4v) is 1.61. The number of hydrogen-bond acceptors (Lipinski definition) is 2. The van der Waals surface area contributed by atoms with Gasteiger partial charge in [-0.2, -0.15) is 0 Å². The van der Waals surface area contributed by atoms with Crippen LogP contribution < -0.4 is 0 Å². The van der Waals surface area contributed by atoms with Crippen LogP contribution in [-0.2, 0) is 9.84 Å². The summed E-state index contributed by atoms with van der Waals surface area (Å²) in [6, 6.07) is 8.02. The van der Waals surface area contributed by atoms with Gasteiger partial charge < -0.3 is 0 Å². The Bertz CT molecular complexity index is 318. The Morgan fingerprint density at radius 2 is 1.73 bits per heavy atom. The monoisotopic (exact) mass is 189 g/mol. The highest BCUT2D eigenvalue weighted by atomic mass is 35.5. The van der Waals surface area contributed by atoms with Crippen molar-refractivity contribution in [1.82, 2.24) is 0 Å². The maximum atomic E-state index is 11.0. The van der Waals surface area contributed by atoms with Crippen molar-refractivity contribution in [3.05, 3.63) is 35.5 Å². The molecule has 59 valence electrons. The topological polar surface area (TPSA) is 34.1 Å². The molecule has 0 spiro atoms. The average Bonchev–Trinajstić information content (AvgIpc) is 2.06. The van der Waals surface area contributed by atoms with Crippen LogP contribution in [0.1, 0.15) is 0 Å². The maximum Gasteiger partial charge on any atom is 0.197 e. The predicted octanol–water partition coefficient (Wildman–Crippen LogP) is 1.82. The standard InChI is InChI=1S/C7H6ClO2S/c8-6-11(9,10)7-4-2-1-3-5-7/h1-6H. The van der Waals surface area contributed by atoms with Crippen molar-refractivity contribution >= 4 is 21.4 Å². The first-order valence-corrected chi connectivity index (χ1v) is 4.88. The molecule has 0 saturated heterocycles. The molecule has 0 atom stereocenters. The molecule has 2 nitrogen and oxygen atoms in total. The maximum absolute atomic E-state index is 11.0. The van der Waals surface area contributed by atoms with E-state index in [0.717, 1.165) is 0 Å². The summed E-state index contributed by atoms with van der Waals surface area (Å²) in [7, 11) is -3.36. The Morgan fingerprint density at radius 3 is 2.18 bits per heavy atom. The second-order valence-corrected chi connectivity index (χ2v) is 4.22. The predicted molar refractivity (Wildman–Crippen MR) is 43.8 cm³/mol. The van der Waals surface area contributed by atoms with Gasteiger partial charge in [0.05, 0.1) is 4.90 Å². The van der Waals surface area contributed by atoms with E-state index in [1.165, 1.54) is 12.1 Å². The molecular formula is C7H6ClO2S. The first-order valence-electron chi connectivity index (χ1n) is 2.90. The molecule has 0 aliphatic rings. The third-order valence-corrected chi connectivity index (χ3v) is 3.06. The van der Waals surface area contributed by atoms with Gasteiger partial charge in [-0.25, -0.2) is 8.42 Å². The van der Waals surface area contributed by atoms with Crippen molar-refractivity contribution in [2.45, 2.75) is 4.90 Å². The molecule has 0 unspecified atom stereocenters. The Labute approximate surface area is 70.7 Å². The third kappa shape index (κ3) is 1.94. The van der Waals surface area contributed by atoms with Gasteiger partial charge in [-0.3, -0.25) is 0 Å². The van der Waals surface area contributed by atoms with Crippen molar-refractivity contribution < 1.29 is 8.42 Å². The van der Waals surface area contributed by atoms with Gasteiger partial charge in [-0.05, 0) is 12.1 Å². The highest BCUT2D eigenvalue weighted by Gasteiger charge is 2.11. The number of halogens is 1. The van der Waals surface area contributed by atoms with E-state index >= 15 is 0 Å². The highest BCUT2D eigenvalue weighted by Crippen LogP contribution is 2.13. The van der Waals surface area contributed by atoms with Crippen molar-refractivity contribution in [2.75, 3.05) is 0 Å². The molecule has 11 heavy (non-hydrogen) atoms. The van der Waals surface area contributed by atoms with Crippen LogP contribution in [0, 0.1) is 5.21 Å². The van der Waals surface area contributed by atoms with E-state index < -0.39 is 9.84 Å². The molecule has 0 aliphatic heterocycles. The molecule has 0 heterocycles. The lowest BCUT2D eigenvalue weighted by atomic mass is 10.4. The van der Waals surface area contributed by atoms with E-state index in [1.807, 2.05) is 0 Å². The number of hydrogen-bond donors (Lipinski definition) is 0. The van der Waals surface area contributed by atoms with E-state index in [9.17, 15) is 8.42 Å². The van der Waals surface area contributed by atoms with E-state index in [4.69, 9.17) is 11.6 Å². The van der Waals surface area contributed by atoms with Gasteiger partial charge in [-0.1, -0.05) is 18.2 Å². The van der Waals surface area contributed by atoms with Crippen molar-refractivity contribution in [3.8, 4) is 0 Å². The summed E-state index contributed by atoms with van der Waals surface area (Å²) in [5.74, 6) is 0. The fraction of sp³-hybridized carbons (Fsp3) is 0. The molecule has 0 bridgehead atoms. The molecule has 0 fully saturated rings. The number of sulfone groups is 1. The van der Waals surface area contributed by atoms with E-state index in [1.54, 1.807) is 18.2 Å². The summed E-state index contributed by atoms with van der Waals surface area (Å²) in [6.45, 7) is 0. The van der Waals surface area contributed by atoms with E-state index in [-0.39, 0.29) is 4.90 Å². The molecule has 1 aromatic rings. The van der Waals surface area contributed by atoms with Gasteiger partial charge in [0.25, 0.3) is 0 Å². The summed E-state index contributed by atoms with van der Waals surface area (Å²) in [5.41, 5.74) is 0. The van der Waals surface area contributed by atoms with Crippen LogP contribution in [0.15, 0.2) is 35.2 Å². The van der Waals surface area contributed by atoms with Crippen molar-refractivity contribution in [2.24, 2.45) is 0 Å². The SMILES string of the molecule is O=S(=O)([CH]Cl)c1ccccc1. The molecule has 0 amide bonds. The minimum absolute atomic E-state index is 0.218. The lowest BCUT2D eigenvalue weighted by Gasteiger charge is -1.96. The second kappa shape index (κ2) is 3.24. The summed E-state index contributed by atoms with van der Waals surface area (Å²) in [5, 5.41) is 0.669. The van der Waals surface area contributed by atoms with Gasteiger partial charge in [0.2, 0.25) is 0 Å². The van der Waals surface area contributed by atoms with Crippen molar-refractivity contribution in [1.29, 1.82) is 0 Å². The Kier molecular flexibility index (Phi) is 2.52. The molecular weight excluding hydrogens is 184 g/mol. The van der Waals surface area contributed by atoms with Crippen LogP contribution in [-0.4, -0.2) is 8.42 Å². The van der Waals surface area contributed by atoms with Crippen LogP contribution in [0.5, 0.6) is 0 Å². The van der Waals surface area contributed by atoms with E-state index in [2.05, 4.69) is 0 Å². The van der Waals surface area contributed by atoms with Gasteiger partial charge in [0.1, 0.15) is 0 Å². The molecule has 0 saturated carbocycles. The quantitative estimate of drug-likeness (QED) is 0.711. The number of rotatable bonds is 2. The summed E-state index contributed by atoms with van der Waals surface area (Å²) >= 11 is 5.11.